The maximum Gasteiger partial charge on any atom is 0.274 e. The minimum Gasteiger partial charge on any atom is -0.348 e. The van der Waals surface area contributed by atoms with Crippen LogP contribution in [0, 0.1) is 0 Å². The van der Waals surface area contributed by atoms with Crippen molar-refractivity contribution in [3.05, 3.63) is 94.5 Å². The highest BCUT2D eigenvalue weighted by atomic mass is 35.5. The standard InChI is InChI=1S/C21H17ClN2O3/c22-19-3-1-2-14(12-19)13-23-20(25)17-8-4-15(5-9-17)16-6-10-18(11-7-16)21(26)24-27/h1-12,27H,13H2,(H,23,25)(H,24,26). The Balaban J connectivity index is 1.65. The molecule has 6 heteroatoms. The van der Waals surface area contributed by atoms with Gasteiger partial charge in [-0.05, 0) is 53.1 Å². The number of carbonyl (C=O) groups is 2. The van der Waals surface area contributed by atoms with E-state index in [1.807, 2.05) is 30.3 Å². The van der Waals surface area contributed by atoms with E-state index < -0.39 is 5.91 Å². The van der Waals surface area contributed by atoms with Crippen LogP contribution in [0.3, 0.4) is 0 Å². The van der Waals surface area contributed by atoms with Crippen molar-refractivity contribution in [2.75, 3.05) is 0 Å². The molecule has 0 spiro atoms. The van der Waals surface area contributed by atoms with Crippen LogP contribution in [0.1, 0.15) is 26.3 Å². The minimum atomic E-state index is -0.562. The highest BCUT2D eigenvalue weighted by Crippen LogP contribution is 2.20. The molecule has 0 aliphatic carbocycles. The molecular formula is C21H17ClN2O3. The molecule has 3 N–H and O–H groups in total. The first kappa shape index (κ1) is 18.6. The molecule has 5 nitrogen and oxygen atoms in total. The predicted molar refractivity (Wildman–Crippen MR) is 104 cm³/mol. The van der Waals surface area contributed by atoms with Gasteiger partial charge in [0.15, 0.2) is 0 Å². The lowest BCUT2D eigenvalue weighted by atomic mass is 10.0. The van der Waals surface area contributed by atoms with E-state index >= 15 is 0 Å². The molecule has 0 aliphatic rings. The number of nitrogens with one attached hydrogen (secondary N) is 2. The van der Waals surface area contributed by atoms with Gasteiger partial charge in [0.05, 0.1) is 0 Å². The Morgan fingerprint density at radius 2 is 1.37 bits per heavy atom. The predicted octanol–water partition coefficient (Wildman–Crippen LogP) is 4.06. The van der Waals surface area contributed by atoms with Crippen molar-refractivity contribution < 1.29 is 14.8 Å². The zero-order valence-electron chi connectivity index (χ0n) is 14.3. The monoisotopic (exact) mass is 380 g/mol. The van der Waals surface area contributed by atoms with Gasteiger partial charge < -0.3 is 5.32 Å². The van der Waals surface area contributed by atoms with E-state index in [0.29, 0.717) is 22.7 Å². The van der Waals surface area contributed by atoms with Crippen molar-refractivity contribution in [3.63, 3.8) is 0 Å². The maximum atomic E-state index is 12.3. The first-order chi connectivity index (χ1) is 13.1. The largest absolute Gasteiger partial charge is 0.348 e. The zero-order valence-corrected chi connectivity index (χ0v) is 15.0. The van der Waals surface area contributed by atoms with Gasteiger partial charge in [-0.2, -0.15) is 0 Å². The topological polar surface area (TPSA) is 78.4 Å². The third kappa shape index (κ3) is 4.73. The molecule has 0 saturated carbocycles. The van der Waals surface area contributed by atoms with Crippen molar-refractivity contribution in [2.24, 2.45) is 0 Å². The Morgan fingerprint density at radius 3 is 1.89 bits per heavy atom. The molecule has 0 aromatic heterocycles. The average molecular weight is 381 g/mol. The number of hydrogen-bond acceptors (Lipinski definition) is 3. The third-order valence-corrected chi connectivity index (χ3v) is 4.31. The Labute approximate surface area is 161 Å². The summed E-state index contributed by atoms with van der Waals surface area (Å²) in [6.45, 7) is 0.398. The van der Waals surface area contributed by atoms with Crippen molar-refractivity contribution in [1.82, 2.24) is 10.8 Å². The van der Waals surface area contributed by atoms with Crippen molar-refractivity contribution in [1.29, 1.82) is 0 Å². The summed E-state index contributed by atoms with van der Waals surface area (Å²) in [5, 5.41) is 12.1. The SMILES string of the molecule is O=C(NO)c1ccc(-c2ccc(C(=O)NCc3cccc(Cl)c3)cc2)cc1. The van der Waals surface area contributed by atoms with Gasteiger partial charge in [0.25, 0.3) is 11.8 Å². The van der Waals surface area contributed by atoms with Crippen LogP contribution >= 0.6 is 11.6 Å². The van der Waals surface area contributed by atoms with Gasteiger partial charge in [0, 0.05) is 22.7 Å². The van der Waals surface area contributed by atoms with Crippen LogP contribution in [-0.2, 0) is 6.54 Å². The molecule has 0 aliphatic heterocycles. The van der Waals surface area contributed by atoms with Gasteiger partial charge >= 0.3 is 0 Å². The fourth-order valence-electron chi connectivity index (χ4n) is 2.62. The molecule has 0 atom stereocenters. The highest BCUT2D eigenvalue weighted by molar-refractivity contribution is 6.30. The first-order valence-corrected chi connectivity index (χ1v) is 8.62. The normalized spacial score (nSPS) is 10.3. The summed E-state index contributed by atoms with van der Waals surface area (Å²) in [6, 6.07) is 21.3. The molecule has 3 rings (SSSR count). The van der Waals surface area contributed by atoms with E-state index in [-0.39, 0.29) is 5.91 Å². The fraction of sp³-hybridized carbons (Fsp3) is 0.0476. The third-order valence-electron chi connectivity index (χ3n) is 4.07. The lowest BCUT2D eigenvalue weighted by molar-refractivity contribution is 0.0706. The average Bonchev–Trinajstić information content (AvgIpc) is 2.72. The summed E-state index contributed by atoms with van der Waals surface area (Å²) in [5.41, 5.74) is 5.25. The van der Waals surface area contributed by atoms with Crippen LogP contribution in [0.5, 0.6) is 0 Å². The smallest absolute Gasteiger partial charge is 0.274 e. The molecule has 2 amide bonds. The summed E-state index contributed by atoms with van der Waals surface area (Å²) in [6.07, 6.45) is 0. The van der Waals surface area contributed by atoms with Gasteiger partial charge in [-0.3, -0.25) is 14.8 Å². The van der Waals surface area contributed by atoms with Gasteiger partial charge in [-0.1, -0.05) is 48.0 Å². The molecule has 0 fully saturated rings. The number of carbonyl (C=O) groups excluding carboxylic acids is 2. The van der Waals surface area contributed by atoms with Crippen LogP contribution in [0.2, 0.25) is 5.02 Å². The number of hydroxylamine groups is 1. The second kappa shape index (κ2) is 8.49. The first-order valence-electron chi connectivity index (χ1n) is 8.24. The van der Waals surface area contributed by atoms with Gasteiger partial charge in [0.2, 0.25) is 0 Å². The lowest BCUT2D eigenvalue weighted by Gasteiger charge is -2.07. The zero-order chi connectivity index (χ0) is 19.2. The van der Waals surface area contributed by atoms with E-state index in [2.05, 4.69) is 5.32 Å². The molecule has 3 aromatic rings. The number of amides is 2. The van der Waals surface area contributed by atoms with Crippen molar-refractivity contribution >= 4 is 23.4 Å². The van der Waals surface area contributed by atoms with Crippen LogP contribution in [0.4, 0.5) is 0 Å². The second-order valence-electron chi connectivity index (χ2n) is 5.91. The van der Waals surface area contributed by atoms with E-state index in [9.17, 15) is 9.59 Å². The summed E-state index contributed by atoms with van der Waals surface area (Å²) in [7, 11) is 0. The fourth-order valence-corrected chi connectivity index (χ4v) is 2.84. The van der Waals surface area contributed by atoms with E-state index in [1.165, 1.54) is 0 Å². The molecular weight excluding hydrogens is 364 g/mol. The second-order valence-corrected chi connectivity index (χ2v) is 6.34. The number of halogens is 1. The van der Waals surface area contributed by atoms with Crippen LogP contribution in [-0.4, -0.2) is 17.0 Å². The molecule has 0 saturated heterocycles. The molecule has 0 radical (unpaired) electrons. The van der Waals surface area contributed by atoms with Crippen LogP contribution in [0.25, 0.3) is 11.1 Å². The molecule has 0 unspecified atom stereocenters. The Morgan fingerprint density at radius 1 is 0.815 bits per heavy atom. The minimum absolute atomic E-state index is 0.170. The van der Waals surface area contributed by atoms with E-state index in [0.717, 1.165) is 16.7 Å². The summed E-state index contributed by atoms with van der Waals surface area (Å²) >= 11 is 5.94. The summed E-state index contributed by atoms with van der Waals surface area (Å²) in [4.78, 5) is 23.6. The maximum absolute atomic E-state index is 12.3. The van der Waals surface area contributed by atoms with Crippen LogP contribution in [0.15, 0.2) is 72.8 Å². The van der Waals surface area contributed by atoms with Gasteiger partial charge in [0.1, 0.15) is 0 Å². The van der Waals surface area contributed by atoms with Crippen LogP contribution < -0.4 is 10.8 Å². The Hall–Kier alpha value is -3.15. The number of benzene rings is 3. The Kier molecular flexibility index (Phi) is 5.86. The van der Waals surface area contributed by atoms with E-state index in [4.69, 9.17) is 16.8 Å². The highest BCUT2D eigenvalue weighted by Gasteiger charge is 2.07. The molecule has 136 valence electrons. The lowest BCUT2D eigenvalue weighted by Crippen LogP contribution is -2.22. The van der Waals surface area contributed by atoms with Crippen molar-refractivity contribution in [3.8, 4) is 11.1 Å². The molecule has 3 aromatic carbocycles. The quantitative estimate of drug-likeness (QED) is 0.461. The molecule has 27 heavy (non-hydrogen) atoms. The van der Waals surface area contributed by atoms with E-state index in [1.54, 1.807) is 47.9 Å². The van der Waals surface area contributed by atoms with Gasteiger partial charge in [-0.25, -0.2) is 5.48 Å². The number of hydrogen-bond donors (Lipinski definition) is 3. The van der Waals surface area contributed by atoms with Crippen molar-refractivity contribution in [2.45, 2.75) is 6.54 Å². The molecule has 0 bridgehead atoms. The number of rotatable bonds is 5. The Bertz CT molecular complexity index is 954. The molecule has 0 heterocycles. The summed E-state index contributed by atoms with van der Waals surface area (Å²) < 4.78 is 0. The summed E-state index contributed by atoms with van der Waals surface area (Å²) in [5.74, 6) is -0.732. The van der Waals surface area contributed by atoms with Gasteiger partial charge in [-0.15, -0.1) is 0 Å².